The zero-order chi connectivity index (χ0) is 18.9. The molecule has 5 heteroatoms. The molecule has 2 saturated heterocycles. The Labute approximate surface area is 165 Å². The van der Waals surface area contributed by atoms with Crippen LogP contribution in [0.1, 0.15) is 65.7 Å². The Morgan fingerprint density at radius 2 is 1.89 bits per heavy atom. The number of aliphatic imine (C=N–C) groups is 1. The Balaban J connectivity index is 1.28. The van der Waals surface area contributed by atoms with Crippen molar-refractivity contribution in [1.82, 2.24) is 10.2 Å². The minimum absolute atomic E-state index is 0.193. The summed E-state index contributed by atoms with van der Waals surface area (Å²) in [6.45, 7) is 11.6. The standard InChI is InChI=1S/C22H39N3O2/c1-4-23-21(24-19-18-11-14-26-20(18)22(19,2)3)25-12-9-17(10-13-25)27-15-16-7-5-6-8-16/h16-20H,4-15H2,1-3H3,(H,23,24). The largest absolute Gasteiger partial charge is 0.378 e. The van der Waals surface area contributed by atoms with Crippen molar-refractivity contribution >= 4 is 5.96 Å². The van der Waals surface area contributed by atoms with Gasteiger partial charge in [0.05, 0.1) is 12.2 Å². The van der Waals surface area contributed by atoms with Crippen LogP contribution in [0.15, 0.2) is 4.99 Å². The zero-order valence-electron chi connectivity index (χ0n) is 17.6. The second kappa shape index (κ2) is 8.28. The molecular formula is C22H39N3O2. The third-order valence-corrected chi connectivity index (χ3v) is 7.48. The van der Waals surface area contributed by atoms with E-state index in [4.69, 9.17) is 14.5 Å². The van der Waals surface area contributed by atoms with Crippen LogP contribution in [0.4, 0.5) is 0 Å². The Bertz CT molecular complexity index is 522. The van der Waals surface area contributed by atoms with Gasteiger partial charge in [0, 0.05) is 50.2 Å². The topological polar surface area (TPSA) is 46.1 Å². The quantitative estimate of drug-likeness (QED) is 0.589. The van der Waals surface area contributed by atoms with E-state index in [2.05, 4.69) is 31.0 Å². The van der Waals surface area contributed by atoms with E-state index in [1.54, 1.807) is 0 Å². The highest BCUT2D eigenvalue weighted by atomic mass is 16.5. The summed E-state index contributed by atoms with van der Waals surface area (Å²) in [5.74, 6) is 2.58. The number of rotatable bonds is 5. The van der Waals surface area contributed by atoms with Gasteiger partial charge in [0.2, 0.25) is 0 Å². The maximum absolute atomic E-state index is 6.25. The van der Waals surface area contributed by atoms with Gasteiger partial charge >= 0.3 is 0 Å². The fraction of sp³-hybridized carbons (Fsp3) is 0.955. The maximum Gasteiger partial charge on any atom is 0.194 e. The molecule has 0 aromatic carbocycles. The summed E-state index contributed by atoms with van der Waals surface area (Å²) in [5, 5.41) is 3.83. The molecule has 4 aliphatic rings. The first kappa shape index (κ1) is 19.5. The lowest BCUT2D eigenvalue weighted by atomic mass is 9.57. The van der Waals surface area contributed by atoms with Crippen LogP contribution in [0, 0.1) is 17.3 Å². The number of fused-ring (bicyclic) bond motifs is 1. The third-order valence-electron chi connectivity index (χ3n) is 7.48. The molecule has 2 aliphatic heterocycles. The van der Waals surface area contributed by atoms with E-state index in [9.17, 15) is 0 Å². The first-order valence-corrected chi connectivity index (χ1v) is 11.4. The fourth-order valence-electron chi connectivity index (χ4n) is 5.83. The van der Waals surface area contributed by atoms with Crippen molar-refractivity contribution in [3.8, 4) is 0 Å². The van der Waals surface area contributed by atoms with Crippen LogP contribution in [-0.2, 0) is 9.47 Å². The molecule has 2 saturated carbocycles. The van der Waals surface area contributed by atoms with Gasteiger partial charge in [-0.05, 0) is 44.9 Å². The van der Waals surface area contributed by atoms with Crippen molar-refractivity contribution < 1.29 is 9.47 Å². The molecule has 0 radical (unpaired) electrons. The molecule has 5 nitrogen and oxygen atoms in total. The smallest absolute Gasteiger partial charge is 0.194 e. The molecule has 0 bridgehead atoms. The predicted molar refractivity (Wildman–Crippen MR) is 109 cm³/mol. The van der Waals surface area contributed by atoms with Gasteiger partial charge in [-0.2, -0.15) is 0 Å². The summed E-state index contributed by atoms with van der Waals surface area (Å²) in [6.07, 6.45) is 9.85. The summed E-state index contributed by atoms with van der Waals surface area (Å²) in [4.78, 5) is 7.29. The van der Waals surface area contributed by atoms with Gasteiger partial charge < -0.3 is 19.7 Å². The van der Waals surface area contributed by atoms with Crippen molar-refractivity contribution in [2.75, 3.05) is 32.8 Å². The highest BCUT2D eigenvalue weighted by Gasteiger charge is 2.59. The minimum atomic E-state index is 0.193. The van der Waals surface area contributed by atoms with E-state index < -0.39 is 0 Å². The van der Waals surface area contributed by atoms with Crippen LogP contribution in [0.5, 0.6) is 0 Å². The van der Waals surface area contributed by atoms with Crippen molar-refractivity contribution in [3.63, 3.8) is 0 Å². The van der Waals surface area contributed by atoms with Crippen molar-refractivity contribution in [2.24, 2.45) is 22.2 Å². The van der Waals surface area contributed by atoms with E-state index in [0.29, 0.717) is 24.2 Å². The van der Waals surface area contributed by atoms with Crippen LogP contribution in [-0.4, -0.2) is 62.0 Å². The van der Waals surface area contributed by atoms with Gasteiger partial charge in [-0.3, -0.25) is 4.99 Å². The van der Waals surface area contributed by atoms with E-state index in [-0.39, 0.29) is 5.41 Å². The van der Waals surface area contributed by atoms with Crippen molar-refractivity contribution in [1.29, 1.82) is 0 Å². The normalized spacial score (nSPS) is 34.6. The number of piperidine rings is 1. The Morgan fingerprint density at radius 1 is 1.15 bits per heavy atom. The van der Waals surface area contributed by atoms with Gasteiger partial charge in [0.15, 0.2) is 5.96 Å². The second-order valence-corrected chi connectivity index (χ2v) is 9.66. The lowest BCUT2D eigenvalue weighted by molar-refractivity contribution is -0.107. The van der Waals surface area contributed by atoms with E-state index in [1.807, 2.05) is 0 Å². The van der Waals surface area contributed by atoms with Crippen LogP contribution in [0.3, 0.4) is 0 Å². The van der Waals surface area contributed by atoms with Crippen molar-refractivity contribution in [2.45, 2.75) is 84.0 Å². The average molecular weight is 378 g/mol. The molecule has 3 unspecified atom stereocenters. The third kappa shape index (κ3) is 4.00. The number of hydrogen-bond donors (Lipinski definition) is 1. The number of likely N-dealkylation sites (tertiary alicyclic amines) is 1. The first-order chi connectivity index (χ1) is 13.1. The lowest BCUT2D eigenvalue weighted by Gasteiger charge is -2.55. The molecule has 0 aromatic rings. The summed E-state index contributed by atoms with van der Waals surface area (Å²) in [7, 11) is 0. The highest BCUT2D eigenvalue weighted by molar-refractivity contribution is 5.80. The summed E-state index contributed by atoms with van der Waals surface area (Å²) in [5.41, 5.74) is 0.193. The highest BCUT2D eigenvalue weighted by Crippen LogP contribution is 2.52. The Kier molecular flexibility index (Phi) is 5.98. The molecule has 4 rings (SSSR count). The molecule has 0 amide bonds. The number of nitrogens with zero attached hydrogens (tertiary/aromatic N) is 2. The Morgan fingerprint density at radius 3 is 2.59 bits per heavy atom. The van der Waals surface area contributed by atoms with Crippen LogP contribution in [0.25, 0.3) is 0 Å². The minimum Gasteiger partial charge on any atom is -0.378 e. The van der Waals surface area contributed by atoms with E-state index in [1.165, 1.54) is 32.1 Å². The molecule has 0 spiro atoms. The van der Waals surface area contributed by atoms with Gasteiger partial charge in [0.1, 0.15) is 0 Å². The molecule has 27 heavy (non-hydrogen) atoms. The van der Waals surface area contributed by atoms with Crippen molar-refractivity contribution in [3.05, 3.63) is 0 Å². The van der Waals surface area contributed by atoms with Gasteiger partial charge in [0.25, 0.3) is 0 Å². The lowest BCUT2D eigenvalue weighted by Crippen LogP contribution is -2.68. The van der Waals surface area contributed by atoms with E-state index in [0.717, 1.165) is 57.6 Å². The van der Waals surface area contributed by atoms with Gasteiger partial charge in [-0.1, -0.05) is 26.7 Å². The molecule has 2 heterocycles. The zero-order valence-corrected chi connectivity index (χ0v) is 17.6. The summed E-state index contributed by atoms with van der Waals surface area (Å²) < 4.78 is 12.2. The SMILES string of the molecule is CCN=C(NC1C2CCOC2C1(C)C)N1CCC(OCC2CCCC2)CC1. The number of ether oxygens (including phenoxy) is 2. The van der Waals surface area contributed by atoms with Crippen LogP contribution in [0.2, 0.25) is 0 Å². The molecular weight excluding hydrogens is 338 g/mol. The molecule has 154 valence electrons. The molecule has 1 N–H and O–H groups in total. The predicted octanol–water partition coefficient (Wildman–Crippen LogP) is 3.44. The molecule has 0 aromatic heterocycles. The maximum atomic E-state index is 6.25. The Hall–Kier alpha value is -0.810. The summed E-state index contributed by atoms with van der Waals surface area (Å²) in [6, 6.07) is 0.478. The molecule has 4 fully saturated rings. The first-order valence-electron chi connectivity index (χ1n) is 11.4. The number of hydrogen-bond acceptors (Lipinski definition) is 3. The molecule has 2 aliphatic carbocycles. The van der Waals surface area contributed by atoms with Crippen LogP contribution < -0.4 is 5.32 Å². The average Bonchev–Trinajstić information content (AvgIpc) is 3.34. The van der Waals surface area contributed by atoms with Gasteiger partial charge in [-0.15, -0.1) is 0 Å². The van der Waals surface area contributed by atoms with E-state index >= 15 is 0 Å². The number of guanidine groups is 1. The molecule has 3 atom stereocenters. The van der Waals surface area contributed by atoms with Crippen LogP contribution >= 0.6 is 0 Å². The fourth-order valence-corrected chi connectivity index (χ4v) is 5.83. The number of nitrogens with one attached hydrogen (secondary N) is 1. The second-order valence-electron chi connectivity index (χ2n) is 9.66. The van der Waals surface area contributed by atoms with Gasteiger partial charge in [-0.25, -0.2) is 0 Å². The summed E-state index contributed by atoms with van der Waals surface area (Å²) >= 11 is 0. The monoisotopic (exact) mass is 377 g/mol.